The SMILES string of the molecule is CC[C@H]1CSC2=N[C@H](c3ccccn3)[C@@H](c3cccn3-c3cccc(C(=O)O)c3)N21. The van der Waals surface area contributed by atoms with Crippen molar-refractivity contribution in [3.63, 3.8) is 0 Å². The van der Waals surface area contributed by atoms with Gasteiger partial charge in [-0.1, -0.05) is 30.8 Å². The van der Waals surface area contributed by atoms with Crippen LogP contribution in [0.3, 0.4) is 0 Å². The van der Waals surface area contributed by atoms with E-state index in [0.29, 0.717) is 6.04 Å². The third-order valence-electron chi connectivity index (χ3n) is 5.78. The third kappa shape index (κ3) is 3.10. The van der Waals surface area contributed by atoms with Crippen LogP contribution in [0.4, 0.5) is 0 Å². The summed E-state index contributed by atoms with van der Waals surface area (Å²) in [5, 5.41) is 10.5. The molecule has 1 fully saturated rings. The molecule has 2 aliphatic heterocycles. The van der Waals surface area contributed by atoms with Crippen molar-refractivity contribution in [3.05, 3.63) is 83.9 Å². The average Bonchev–Trinajstić information content (AvgIpc) is 3.49. The molecule has 7 heteroatoms. The summed E-state index contributed by atoms with van der Waals surface area (Å²) in [5.41, 5.74) is 3.16. The van der Waals surface area contributed by atoms with Gasteiger partial charge in [0.2, 0.25) is 0 Å². The second kappa shape index (κ2) is 7.65. The van der Waals surface area contributed by atoms with E-state index < -0.39 is 5.97 Å². The average molecular weight is 419 g/mol. The fraction of sp³-hybridized carbons (Fsp3) is 0.261. The molecule has 2 aromatic heterocycles. The number of pyridine rings is 1. The summed E-state index contributed by atoms with van der Waals surface area (Å²) >= 11 is 1.81. The molecule has 0 bridgehead atoms. The number of hydrogen-bond acceptors (Lipinski definition) is 5. The van der Waals surface area contributed by atoms with E-state index >= 15 is 0 Å². The molecule has 152 valence electrons. The predicted molar refractivity (Wildman–Crippen MR) is 118 cm³/mol. The maximum atomic E-state index is 11.5. The standard InChI is InChI=1S/C23H22N4O2S/c1-2-16-14-30-23-25-20(18-9-3-4-11-24-18)21(27(16)23)19-10-6-12-26(19)17-8-5-7-15(13-17)22(28)29/h3-13,16,20-21H,2,14H2,1H3,(H,28,29)/t16-,20+,21+/m0/s1. The highest BCUT2D eigenvalue weighted by molar-refractivity contribution is 8.14. The fourth-order valence-electron chi connectivity index (χ4n) is 4.33. The smallest absolute Gasteiger partial charge is 0.335 e. The fourth-order valence-corrected chi connectivity index (χ4v) is 5.67. The molecule has 30 heavy (non-hydrogen) atoms. The van der Waals surface area contributed by atoms with Crippen LogP contribution in [0.15, 0.2) is 72.0 Å². The third-order valence-corrected chi connectivity index (χ3v) is 6.91. The monoisotopic (exact) mass is 418 g/mol. The molecule has 4 heterocycles. The lowest BCUT2D eigenvalue weighted by Crippen LogP contribution is -2.36. The number of nitrogens with zero attached hydrogens (tertiary/aromatic N) is 4. The van der Waals surface area contributed by atoms with Gasteiger partial charge >= 0.3 is 5.97 Å². The number of amidine groups is 1. The Labute approximate surface area is 179 Å². The van der Waals surface area contributed by atoms with Crippen molar-refractivity contribution in [2.24, 2.45) is 4.99 Å². The lowest BCUT2D eigenvalue weighted by atomic mass is 9.99. The summed E-state index contributed by atoms with van der Waals surface area (Å²) in [5.74, 6) is 0.112. The summed E-state index contributed by atoms with van der Waals surface area (Å²) in [7, 11) is 0. The van der Waals surface area contributed by atoms with Crippen LogP contribution in [0, 0.1) is 0 Å². The zero-order valence-electron chi connectivity index (χ0n) is 16.5. The molecule has 0 saturated carbocycles. The first-order chi connectivity index (χ1) is 14.7. The Kier molecular flexibility index (Phi) is 4.83. The summed E-state index contributed by atoms with van der Waals surface area (Å²) in [4.78, 5) is 23.6. The Balaban J connectivity index is 1.62. The Morgan fingerprint density at radius 3 is 2.87 bits per heavy atom. The minimum atomic E-state index is -0.926. The van der Waals surface area contributed by atoms with Gasteiger partial charge in [-0.3, -0.25) is 9.98 Å². The molecule has 0 spiro atoms. The van der Waals surface area contributed by atoms with Gasteiger partial charge in [-0.2, -0.15) is 0 Å². The summed E-state index contributed by atoms with van der Waals surface area (Å²) in [6, 6.07) is 17.5. The zero-order valence-corrected chi connectivity index (χ0v) is 17.4. The van der Waals surface area contributed by atoms with Gasteiger partial charge in [-0.15, -0.1) is 0 Å². The lowest BCUT2D eigenvalue weighted by Gasteiger charge is -2.32. The van der Waals surface area contributed by atoms with Crippen molar-refractivity contribution < 1.29 is 9.90 Å². The van der Waals surface area contributed by atoms with Crippen LogP contribution in [0.5, 0.6) is 0 Å². The van der Waals surface area contributed by atoms with Gasteiger partial charge in [0.1, 0.15) is 12.1 Å². The Morgan fingerprint density at radius 2 is 2.10 bits per heavy atom. The van der Waals surface area contributed by atoms with E-state index in [2.05, 4.69) is 27.4 Å². The Bertz CT molecular complexity index is 1110. The highest BCUT2D eigenvalue weighted by atomic mass is 32.2. The van der Waals surface area contributed by atoms with Gasteiger partial charge in [0, 0.05) is 35.6 Å². The number of thioether (sulfide) groups is 1. The molecule has 0 radical (unpaired) electrons. The van der Waals surface area contributed by atoms with Crippen LogP contribution in [0.25, 0.3) is 5.69 Å². The predicted octanol–water partition coefficient (Wildman–Crippen LogP) is 4.55. The number of rotatable bonds is 5. The van der Waals surface area contributed by atoms with Crippen LogP contribution in [0.1, 0.15) is 47.2 Å². The van der Waals surface area contributed by atoms with Crippen molar-refractivity contribution in [2.45, 2.75) is 31.5 Å². The number of aromatic carboxylic acids is 1. The van der Waals surface area contributed by atoms with E-state index in [-0.39, 0.29) is 17.6 Å². The van der Waals surface area contributed by atoms with E-state index in [1.54, 1.807) is 18.2 Å². The van der Waals surface area contributed by atoms with Gasteiger partial charge < -0.3 is 14.6 Å². The van der Waals surface area contributed by atoms with Gasteiger partial charge in [0.25, 0.3) is 0 Å². The summed E-state index contributed by atoms with van der Waals surface area (Å²) in [6.45, 7) is 2.22. The van der Waals surface area contributed by atoms with E-state index in [0.717, 1.165) is 34.4 Å². The number of carboxylic acids is 1. The molecule has 6 nitrogen and oxygen atoms in total. The van der Waals surface area contributed by atoms with E-state index in [1.165, 1.54) is 0 Å². The molecule has 3 aromatic rings. The number of hydrogen-bond donors (Lipinski definition) is 1. The van der Waals surface area contributed by atoms with Crippen molar-refractivity contribution in [2.75, 3.05) is 5.75 Å². The van der Waals surface area contributed by atoms with Crippen molar-refractivity contribution in [1.29, 1.82) is 0 Å². The molecule has 5 rings (SSSR count). The van der Waals surface area contributed by atoms with Crippen molar-refractivity contribution >= 4 is 22.9 Å². The van der Waals surface area contributed by atoms with Gasteiger partial charge in [-0.05, 0) is 48.9 Å². The van der Waals surface area contributed by atoms with Gasteiger partial charge in [0.05, 0.1) is 11.3 Å². The number of aliphatic imine (C=N–C) groups is 1. The molecule has 3 atom stereocenters. The molecular formula is C23H22N4O2S. The van der Waals surface area contributed by atoms with Gasteiger partial charge in [0.15, 0.2) is 5.17 Å². The van der Waals surface area contributed by atoms with E-state index in [4.69, 9.17) is 4.99 Å². The van der Waals surface area contributed by atoms with E-state index in [1.807, 2.05) is 54.5 Å². The molecule has 1 saturated heterocycles. The molecule has 1 N–H and O–H groups in total. The second-order valence-electron chi connectivity index (χ2n) is 7.49. The quantitative estimate of drug-likeness (QED) is 0.658. The van der Waals surface area contributed by atoms with Crippen LogP contribution in [0.2, 0.25) is 0 Å². The van der Waals surface area contributed by atoms with Crippen LogP contribution < -0.4 is 0 Å². The number of carboxylic acid groups (broad SMARTS) is 1. The lowest BCUT2D eigenvalue weighted by molar-refractivity contribution is 0.0697. The summed E-state index contributed by atoms with van der Waals surface area (Å²) in [6.07, 6.45) is 4.86. The Hall–Kier alpha value is -3.06. The molecule has 0 aliphatic carbocycles. The number of benzene rings is 1. The maximum absolute atomic E-state index is 11.5. The molecule has 1 aromatic carbocycles. The number of carbonyl (C=O) groups is 1. The largest absolute Gasteiger partial charge is 0.478 e. The van der Waals surface area contributed by atoms with Crippen LogP contribution >= 0.6 is 11.8 Å². The first kappa shape index (κ1) is 18.9. The Morgan fingerprint density at radius 1 is 1.20 bits per heavy atom. The minimum absolute atomic E-state index is 0.0123. The maximum Gasteiger partial charge on any atom is 0.335 e. The number of fused-ring (bicyclic) bond motifs is 1. The number of aromatic nitrogens is 2. The minimum Gasteiger partial charge on any atom is -0.478 e. The van der Waals surface area contributed by atoms with E-state index in [9.17, 15) is 9.90 Å². The highest BCUT2D eigenvalue weighted by Crippen LogP contribution is 2.48. The summed E-state index contributed by atoms with van der Waals surface area (Å²) < 4.78 is 2.08. The zero-order chi connectivity index (χ0) is 20.7. The van der Waals surface area contributed by atoms with Crippen molar-refractivity contribution in [1.82, 2.24) is 14.5 Å². The second-order valence-corrected chi connectivity index (χ2v) is 8.48. The van der Waals surface area contributed by atoms with Crippen LogP contribution in [-0.4, -0.2) is 42.5 Å². The normalized spacial score (nSPS) is 22.8. The first-order valence-electron chi connectivity index (χ1n) is 10.1. The molecule has 2 aliphatic rings. The highest BCUT2D eigenvalue weighted by Gasteiger charge is 2.46. The first-order valence-corrected chi connectivity index (χ1v) is 11.1. The van der Waals surface area contributed by atoms with Crippen LogP contribution in [-0.2, 0) is 0 Å². The topological polar surface area (TPSA) is 70.7 Å². The molecule has 0 amide bonds. The molecule has 0 unspecified atom stereocenters. The van der Waals surface area contributed by atoms with Gasteiger partial charge in [-0.25, -0.2) is 4.79 Å². The van der Waals surface area contributed by atoms with Crippen molar-refractivity contribution in [3.8, 4) is 5.69 Å². The molecular weight excluding hydrogens is 396 g/mol.